The second-order valence-electron chi connectivity index (χ2n) is 8.27. The molecule has 0 aliphatic rings. The number of hydrogen-bond acceptors (Lipinski definition) is 5. The van der Waals surface area contributed by atoms with Crippen LogP contribution in [0.3, 0.4) is 0 Å². The lowest BCUT2D eigenvalue weighted by molar-refractivity contribution is 0.0988. The van der Waals surface area contributed by atoms with Crippen LogP contribution in [0.25, 0.3) is 0 Å². The lowest BCUT2D eigenvalue weighted by atomic mass is 10.3. The smallest absolute Gasteiger partial charge is 0.291 e. The van der Waals surface area contributed by atoms with E-state index >= 15 is 0 Å². The molecule has 12 nitrogen and oxygen atoms in total. The average Bonchev–Trinajstić information content (AvgIpc) is 3.54. The number of nitrogens with two attached hydrogens (primary N) is 1. The predicted octanol–water partition coefficient (Wildman–Crippen LogP) is 1.65. The Morgan fingerprint density at radius 3 is 2.06 bits per heavy atom. The van der Waals surface area contributed by atoms with Crippen molar-refractivity contribution in [2.24, 2.45) is 33.9 Å². The third-order valence-corrected chi connectivity index (χ3v) is 5.62. The maximum atomic E-state index is 12.8. The number of nitrogens with one attached hydrogen (secondary N) is 3. The summed E-state index contributed by atoms with van der Waals surface area (Å²) in [5, 5.41) is 8.93. The van der Waals surface area contributed by atoms with E-state index in [9.17, 15) is 14.4 Å². The van der Waals surface area contributed by atoms with Crippen LogP contribution in [0.4, 0.5) is 17.1 Å². The fourth-order valence-electron chi connectivity index (χ4n) is 3.78. The van der Waals surface area contributed by atoms with E-state index in [0.717, 1.165) is 11.4 Å². The first kappa shape index (κ1) is 23.4. The van der Waals surface area contributed by atoms with Crippen molar-refractivity contribution < 1.29 is 14.4 Å². The fourth-order valence-corrected chi connectivity index (χ4v) is 3.78. The van der Waals surface area contributed by atoms with Crippen molar-refractivity contribution in [1.29, 1.82) is 0 Å². The molecule has 0 saturated heterocycles. The van der Waals surface area contributed by atoms with Gasteiger partial charge in [-0.25, -0.2) is 4.98 Å². The third kappa shape index (κ3) is 4.95. The monoisotopic (exact) mass is 477 g/mol. The van der Waals surface area contributed by atoms with Gasteiger partial charge in [-0.2, -0.15) is 0 Å². The van der Waals surface area contributed by atoms with Gasteiger partial charge >= 0.3 is 0 Å². The lowest BCUT2D eigenvalue weighted by Gasteiger charge is -2.04. The van der Waals surface area contributed by atoms with Gasteiger partial charge in [0.15, 0.2) is 5.82 Å². The molecular weight excluding hydrogens is 450 g/mol. The summed E-state index contributed by atoms with van der Waals surface area (Å²) in [6, 6.07) is 5.14. The number of carbonyl (C=O) groups excluding carboxylic acids is 3. The highest BCUT2D eigenvalue weighted by molar-refractivity contribution is 6.04. The average molecular weight is 478 g/mol. The topological polar surface area (TPSA) is 146 Å². The second kappa shape index (κ2) is 9.25. The zero-order chi connectivity index (χ0) is 25.3. The van der Waals surface area contributed by atoms with E-state index in [1.807, 2.05) is 23.9 Å². The fraction of sp³-hybridized carbons (Fsp3) is 0.217. The highest BCUT2D eigenvalue weighted by Gasteiger charge is 2.16. The molecule has 0 unspecified atom stereocenters. The van der Waals surface area contributed by atoms with Crippen LogP contribution in [0.1, 0.15) is 37.3 Å². The van der Waals surface area contributed by atoms with Crippen molar-refractivity contribution >= 4 is 34.8 Å². The van der Waals surface area contributed by atoms with E-state index in [2.05, 4.69) is 20.9 Å². The van der Waals surface area contributed by atoms with Crippen LogP contribution in [0.2, 0.25) is 0 Å². The molecule has 0 radical (unpaired) electrons. The Labute approximate surface area is 201 Å². The molecule has 0 spiro atoms. The Bertz CT molecular complexity index is 1420. The first-order valence-corrected chi connectivity index (χ1v) is 10.7. The van der Waals surface area contributed by atoms with E-state index in [0.29, 0.717) is 35.1 Å². The molecule has 0 aromatic carbocycles. The van der Waals surface area contributed by atoms with Crippen LogP contribution >= 0.6 is 0 Å². The molecule has 5 N–H and O–H groups in total. The van der Waals surface area contributed by atoms with Crippen LogP contribution in [0.15, 0.2) is 49.2 Å². The van der Waals surface area contributed by atoms with E-state index in [1.165, 1.54) is 6.07 Å². The number of primary amides is 1. The molecule has 0 saturated carbocycles. The predicted molar refractivity (Wildman–Crippen MR) is 131 cm³/mol. The van der Waals surface area contributed by atoms with Crippen molar-refractivity contribution in [2.45, 2.75) is 6.54 Å². The molecular formula is C23H27N9O3. The van der Waals surface area contributed by atoms with E-state index in [4.69, 9.17) is 5.73 Å². The van der Waals surface area contributed by atoms with Crippen molar-refractivity contribution in [3.05, 3.63) is 72.1 Å². The maximum Gasteiger partial charge on any atom is 0.291 e. The summed E-state index contributed by atoms with van der Waals surface area (Å²) in [6.45, 7) is 0.473. The van der Waals surface area contributed by atoms with Crippen LogP contribution in [0.5, 0.6) is 0 Å². The zero-order valence-corrected chi connectivity index (χ0v) is 19.9. The molecule has 12 heteroatoms. The van der Waals surface area contributed by atoms with Crippen LogP contribution in [-0.4, -0.2) is 41.0 Å². The second-order valence-corrected chi connectivity index (χ2v) is 8.27. The molecule has 0 fully saturated rings. The number of imidazole rings is 1. The van der Waals surface area contributed by atoms with Gasteiger partial charge in [-0.15, -0.1) is 0 Å². The van der Waals surface area contributed by atoms with Crippen LogP contribution < -0.4 is 21.7 Å². The molecule has 35 heavy (non-hydrogen) atoms. The number of rotatable bonds is 8. The molecule has 4 aromatic heterocycles. The Morgan fingerprint density at radius 1 is 0.800 bits per heavy atom. The van der Waals surface area contributed by atoms with Gasteiger partial charge < -0.3 is 40.0 Å². The molecule has 0 atom stereocenters. The first-order chi connectivity index (χ1) is 16.6. The first-order valence-electron chi connectivity index (χ1n) is 10.7. The van der Waals surface area contributed by atoms with Crippen molar-refractivity contribution in [2.75, 3.05) is 16.0 Å². The molecule has 0 bridgehead atoms. The molecule has 4 aromatic rings. The third-order valence-electron chi connectivity index (χ3n) is 5.62. The summed E-state index contributed by atoms with van der Waals surface area (Å²) >= 11 is 0. The largest absolute Gasteiger partial charge is 0.378 e. The van der Waals surface area contributed by atoms with Crippen LogP contribution in [-0.2, 0) is 34.7 Å². The standard InChI is InChI=1S/C23H27N9O3/c1-29-6-5-25-21(29)23(35)28-15-7-17(30(2)12-15)10-26-14-8-19(32(4)11-14)22(34)27-16-9-18(20(24)33)31(3)13-16/h5-9,11-13,26H,10H2,1-4H3,(H2,24,33)(H,27,34)(H,28,35). The number of carbonyl (C=O) groups is 3. The van der Waals surface area contributed by atoms with Crippen molar-refractivity contribution in [1.82, 2.24) is 23.3 Å². The van der Waals surface area contributed by atoms with Crippen molar-refractivity contribution in [3.8, 4) is 0 Å². The zero-order valence-electron chi connectivity index (χ0n) is 19.9. The molecule has 4 heterocycles. The quantitative estimate of drug-likeness (QED) is 0.305. The number of nitrogens with zero attached hydrogens (tertiary/aromatic N) is 5. The number of amides is 3. The Morgan fingerprint density at radius 2 is 1.40 bits per heavy atom. The van der Waals surface area contributed by atoms with Gasteiger partial charge in [0.05, 0.1) is 23.6 Å². The van der Waals surface area contributed by atoms with Gasteiger partial charge in [-0.1, -0.05) is 0 Å². The molecule has 3 amide bonds. The number of hydrogen-bond donors (Lipinski definition) is 4. The highest BCUT2D eigenvalue weighted by Crippen LogP contribution is 2.19. The van der Waals surface area contributed by atoms with Gasteiger partial charge in [0, 0.05) is 64.9 Å². The van der Waals surface area contributed by atoms with Gasteiger partial charge in [-0.3, -0.25) is 14.4 Å². The van der Waals surface area contributed by atoms with E-state index in [1.54, 1.807) is 65.7 Å². The summed E-state index contributed by atoms with van der Waals surface area (Å²) in [5.41, 5.74) is 8.88. The van der Waals surface area contributed by atoms with Gasteiger partial charge in [0.25, 0.3) is 17.7 Å². The minimum atomic E-state index is -0.571. The summed E-state index contributed by atoms with van der Waals surface area (Å²) in [6.07, 6.45) is 8.53. The highest BCUT2D eigenvalue weighted by atomic mass is 16.2. The summed E-state index contributed by atoms with van der Waals surface area (Å²) in [5.74, 6) is -0.855. The lowest BCUT2D eigenvalue weighted by Crippen LogP contribution is -2.16. The number of aromatic nitrogens is 5. The molecule has 0 aliphatic heterocycles. The van der Waals surface area contributed by atoms with E-state index < -0.39 is 5.91 Å². The van der Waals surface area contributed by atoms with Gasteiger partial charge in [0.1, 0.15) is 11.4 Å². The molecule has 182 valence electrons. The maximum absolute atomic E-state index is 12.8. The molecule has 0 aliphatic carbocycles. The SMILES string of the molecule is Cn1cc(NC(=O)c2nccn2C)cc1CNc1cc(C(=O)Nc2cc(C(N)=O)n(C)c2)n(C)c1. The minimum absolute atomic E-state index is 0.289. The summed E-state index contributed by atoms with van der Waals surface area (Å²) in [4.78, 5) is 40.6. The molecule has 4 rings (SSSR count). The van der Waals surface area contributed by atoms with E-state index in [-0.39, 0.29) is 11.8 Å². The summed E-state index contributed by atoms with van der Waals surface area (Å²) < 4.78 is 6.82. The normalized spacial score (nSPS) is 10.9. The number of anilines is 3. The Balaban J connectivity index is 1.39. The number of aryl methyl sites for hydroxylation is 4. The van der Waals surface area contributed by atoms with Gasteiger partial charge in [0.2, 0.25) is 0 Å². The van der Waals surface area contributed by atoms with Gasteiger partial charge in [-0.05, 0) is 18.2 Å². The van der Waals surface area contributed by atoms with Crippen LogP contribution in [0, 0.1) is 0 Å². The Kier molecular flexibility index (Phi) is 6.19. The minimum Gasteiger partial charge on any atom is -0.378 e. The Hall–Kier alpha value is -4.74. The van der Waals surface area contributed by atoms with Crippen molar-refractivity contribution in [3.63, 3.8) is 0 Å². The summed E-state index contributed by atoms with van der Waals surface area (Å²) in [7, 11) is 7.10.